The molecule has 0 unspecified atom stereocenters. The molecule has 1 N–H and O–H groups in total. The van der Waals surface area contributed by atoms with Crippen LogP contribution in [0.25, 0.3) is 0 Å². The van der Waals surface area contributed by atoms with Crippen LogP contribution in [0.2, 0.25) is 0 Å². The Bertz CT molecular complexity index is 201. The zero-order chi connectivity index (χ0) is 7.56. The molecule has 10 heavy (non-hydrogen) atoms. The summed E-state index contributed by atoms with van der Waals surface area (Å²) >= 11 is 0. The van der Waals surface area contributed by atoms with Crippen LogP contribution in [0.5, 0.6) is 0 Å². The molecule has 0 aromatic carbocycles. The fourth-order valence-electron chi connectivity index (χ4n) is 0.790. The maximum absolute atomic E-state index is 8.64. The molecule has 0 saturated heterocycles. The van der Waals surface area contributed by atoms with Gasteiger partial charge in [-0.25, -0.2) is 0 Å². The van der Waals surface area contributed by atoms with Crippen molar-refractivity contribution < 1.29 is 9.52 Å². The molecule has 2 nitrogen and oxygen atoms in total. The summed E-state index contributed by atoms with van der Waals surface area (Å²) in [4.78, 5) is 0. The van der Waals surface area contributed by atoms with Gasteiger partial charge in [-0.15, -0.1) is 0 Å². The van der Waals surface area contributed by atoms with Crippen molar-refractivity contribution in [2.24, 2.45) is 0 Å². The van der Waals surface area contributed by atoms with Crippen molar-refractivity contribution in [2.45, 2.75) is 26.4 Å². The molecule has 0 aliphatic rings. The van der Waals surface area contributed by atoms with Gasteiger partial charge in [-0.1, -0.05) is 13.8 Å². The van der Waals surface area contributed by atoms with Gasteiger partial charge in [-0.3, -0.25) is 0 Å². The minimum atomic E-state index is -0.00722. The molecule has 1 rings (SSSR count). The van der Waals surface area contributed by atoms with Crippen LogP contribution in [0.3, 0.4) is 0 Å². The van der Waals surface area contributed by atoms with Crippen molar-refractivity contribution in [1.82, 2.24) is 0 Å². The lowest BCUT2D eigenvalue weighted by atomic mass is 10.2. The van der Waals surface area contributed by atoms with Crippen molar-refractivity contribution in [3.63, 3.8) is 0 Å². The van der Waals surface area contributed by atoms with Gasteiger partial charge < -0.3 is 9.52 Å². The summed E-state index contributed by atoms with van der Waals surface area (Å²) in [6.45, 7) is 4.10. The first kappa shape index (κ1) is 7.35. The number of aliphatic hydroxyl groups excluding tert-OH is 1. The molecule has 0 aliphatic heterocycles. The largest absolute Gasteiger partial charge is 0.463 e. The molecule has 0 bridgehead atoms. The number of rotatable bonds is 2. The fourth-order valence-corrected chi connectivity index (χ4v) is 0.790. The molecule has 1 aromatic heterocycles. The summed E-state index contributed by atoms with van der Waals surface area (Å²) in [6, 6.07) is 3.70. The third-order valence-electron chi connectivity index (χ3n) is 1.41. The highest BCUT2D eigenvalue weighted by atomic mass is 16.4. The van der Waals surface area contributed by atoms with Crippen LogP contribution in [0.15, 0.2) is 16.5 Å². The van der Waals surface area contributed by atoms with Crippen LogP contribution in [0.1, 0.15) is 31.3 Å². The molecular formula is C8H12O2. The first-order chi connectivity index (χ1) is 4.74. The number of hydrogen-bond acceptors (Lipinski definition) is 2. The molecule has 0 fully saturated rings. The maximum atomic E-state index is 8.64. The average molecular weight is 140 g/mol. The van der Waals surface area contributed by atoms with Crippen molar-refractivity contribution in [1.29, 1.82) is 0 Å². The summed E-state index contributed by atoms with van der Waals surface area (Å²) in [5.74, 6) is 1.98. The molecule has 1 heterocycles. The monoisotopic (exact) mass is 140 g/mol. The van der Waals surface area contributed by atoms with Crippen LogP contribution >= 0.6 is 0 Å². The molecule has 0 aliphatic carbocycles. The molecule has 0 spiro atoms. The Labute approximate surface area is 60.5 Å². The second-order valence-electron chi connectivity index (χ2n) is 2.62. The molecular weight excluding hydrogens is 128 g/mol. The average Bonchev–Trinajstić information content (AvgIpc) is 2.34. The standard InChI is InChI=1S/C8H12O2/c1-6(2)8-4-3-7(5-9)10-8/h3-4,6,9H,5H2,1-2H3. The van der Waals surface area contributed by atoms with Crippen molar-refractivity contribution in [2.75, 3.05) is 0 Å². The molecule has 2 heteroatoms. The summed E-state index contributed by atoms with van der Waals surface area (Å²) in [5.41, 5.74) is 0. The second kappa shape index (κ2) is 2.88. The Kier molecular flexibility index (Phi) is 2.12. The second-order valence-corrected chi connectivity index (χ2v) is 2.62. The van der Waals surface area contributed by atoms with Gasteiger partial charge >= 0.3 is 0 Å². The predicted molar refractivity (Wildman–Crippen MR) is 38.7 cm³/mol. The molecule has 0 atom stereocenters. The highest BCUT2D eigenvalue weighted by Crippen LogP contribution is 2.16. The van der Waals surface area contributed by atoms with Crippen molar-refractivity contribution in [3.8, 4) is 0 Å². The highest BCUT2D eigenvalue weighted by molar-refractivity contribution is 5.09. The lowest BCUT2D eigenvalue weighted by molar-refractivity contribution is 0.242. The van der Waals surface area contributed by atoms with E-state index in [-0.39, 0.29) is 6.61 Å². The first-order valence-electron chi connectivity index (χ1n) is 3.43. The molecule has 1 aromatic rings. The van der Waals surface area contributed by atoms with Gasteiger partial charge in [0.1, 0.15) is 18.1 Å². The normalized spacial score (nSPS) is 10.8. The van der Waals surface area contributed by atoms with Gasteiger partial charge in [0.25, 0.3) is 0 Å². The SMILES string of the molecule is CC(C)c1ccc(CO)o1. The summed E-state index contributed by atoms with van der Waals surface area (Å²) in [5, 5.41) is 8.64. The van der Waals surface area contributed by atoms with Crippen LogP contribution in [0.4, 0.5) is 0 Å². The molecule has 0 saturated carbocycles. The minimum Gasteiger partial charge on any atom is -0.463 e. The van der Waals surface area contributed by atoms with Crippen molar-refractivity contribution in [3.05, 3.63) is 23.7 Å². The Morgan fingerprint density at radius 3 is 2.50 bits per heavy atom. The lowest BCUT2D eigenvalue weighted by Gasteiger charge is -1.96. The fraction of sp³-hybridized carbons (Fsp3) is 0.500. The summed E-state index contributed by atoms with van der Waals surface area (Å²) in [7, 11) is 0. The number of hydrogen-bond donors (Lipinski definition) is 1. The third-order valence-corrected chi connectivity index (χ3v) is 1.41. The topological polar surface area (TPSA) is 33.4 Å². The van der Waals surface area contributed by atoms with Crippen LogP contribution in [-0.4, -0.2) is 5.11 Å². The first-order valence-corrected chi connectivity index (χ1v) is 3.43. The third kappa shape index (κ3) is 1.39. The Balaban J connectivity index is 2.78. The smallest absolute Gasteiger partial charge is 0.129 e. The van der Waals surface area contributed by atoms with E-state index in [9.17, 15) is 0 Å². The quantitative estimate of drug-likeness (QED) is 0.680. The van der Waals surface area contributed by atoms with Gasteiger partial charge in [0.2, 0.25) is 0 Å². The lowest BCUT2D eigenvalue weighted by Crippen LogP contribution is -1.81. The van der Waals surface area contributed by atoms with E-state index < -0.39 is 0 Å². The number of furan rings is 1. The van der Waals surface area contributed by atoms with Gasteiger partial charge in [0.05, 0.1) is 0 Å². The van der Waals surface area contributed by atoms with Crippen LogP contribution in [-0.2, 0) is 6.61 Å². The highest BCUT2D eigenvalue weighted by Gasteiger charge is 2.03. The van der Waals surface area contributed by atoms with E-state index in [2.05, 4.69) is 13.8 Å². The van der Waals surface area contributed by atoms with E-state index in [1.807, 2.05) is 6.07 Å². The van der Waals surface area contributed by atoms with E-state index in [1.165, 1.54) is 0 Å². The minimum absolute atomic E-state index is 0.00722. The van der Waals surface area contributed by atoms with Gasteiger partial charge in [-0.05, 0) is 12.1 Å². The van der Waals surface area contributed by atoms with Gasteiger partial charge in [0.15, 0.2) is 0 Å². The van der Waals surface area contributed by atoms with E-state index in [0.717, 1.165) is 5.76 Å². The number of aliphatic hydroxyl groups is 1. The van der Waals surface area contributed by atoms with E-state index >= 15 is 0 Å². The van der Waals surface area contributed by atoms with Crippen LogP contribution in [0, 0.1) is 0 Å². The summed E-state index contributed by atoms with van der Waals surface area (Å²) in [6.07, 6.45) is 0. The molecule has 0 amide bonds. The maximum Gasteiger partial charge on any atom is 0.129 e. The van der Waals surface area contributed by atoms with E-state index in [1.54, 1.807) is 6.07 Å². The Morgan fingerprint density at radius 1 is 1.50 bits per heavy atom. The van der Waals surface area contributed by atoms with Crippen molar-refractivity contribution >= 4 is 0 Å². The molecule has 56 valence electrons. The van der Waals surface area contributed by atoms with Gasteiger partial charge in [-0.2, -0.15) is 0 Å². The molecule has 0 radical (unpaired) electrons. The van der Waals surface area contributed by atoms with E-state index in [0.29, 0.717) is 11.7 Å². The Morgan fingerprint density at radius 2 is 2.20 bits per heavy atom. The zero-order valence-corrected chi connectivity index (χ0v) is 6.29. The Hall–Kier alpha value is -0.760. The van der Waals surface area contributed by atoms with Gasteiger partial charge in [0, 0.05) is 5.92 Å². The van der Waals surface area contributed by atoms with Crippen LogP contribution < -0.4 is 0 Å². The predicted octanol–water partition coefficient (Wildman–Crippen LogP) is 1.90. The summed E-state index contributed by atoms with van der Waals surface area (Å²) < 4.78 is 5.24. The van der Waals surface area contributed by atoms with E-state index in [4.69, 9.17) is 9.52 Å². The zero-order valence-electron chi connectivity index (χ0n) is 6.29.